The topological polar surface area (TPSA) is 87.4 Å². The van der Waals surface area contributed by atoms with Gasteiger partial charge in [0.05, 0.1) is 18.9 Å². The van der Waals surface area contributed by atoms with Gasteiger partial charge in [-0.2, -0.15) is 0 Å². The Bertz CT molecular complexity index is 456. The summed E-state index contributed by atoms with van der Waals surface area (Å²) < 4.78 is 0. The monoisotopic (exact) mass is 278 g/mol. The van der Waals surface area contributed by atoms with Crippen molar-refractivity contribution in [2.24, 2.45) is 0 Å². The molecule has 1 amide bonds. The highest BCUT2D eigenvalue weighted by Crippen LogP contribution is 2.13. The van der Waals surface area contributed by atoms with Crippen LogP contribution in [0.15, 0.2) is 12.4 Å². The molecule has 0 spiro atoms. The van der Waals surface area contributed by atoms with Crippen LogP contribution in [0.2, 0.25) is 0 Å². The Morgan fingerprint density at radius 2 is 2.05 bits per heavy atom. The van der Waals surface area contributed by atoms with Crippen LogP contribution in [0, 0.1) is 0 Å². The Hall–Kier alpha value is -1.89. The van der Waals surface area contributed by atoms with Crippen molar-refractivity contribution in [1.29, 1.82) is 0 Å². The molecule has 2 heterocycles. The molecule has 0 bridgehead atoms. The number of carbonyl (C=O) groups excluding carboxylic acids is 1. The minimum Gasteiger partial charge on any atom is -0.382 e. The summed E-state index contributed by atoms with van der Waals surface area (Å²) >= 11 is 0. The zero-order chi connectivity index (χ0) is 14.5. The minimum atomic E-state index is 0.0807. The molecule has 0 unspecified atom stereocenters. The smallest absolute Gasteiger partial charge is 0.234 e. The van der Waals surface area contributed by atoms with E-state index in [2.05, 4.69) is 25.1 Å². The molecule has 0 aliphatic carbocycles. The number of nitrogens with zero attached hydrogens (tertiary/aromatic N) is 4. The third kappa shape index (κ3) is 4.06. The van der Waals surface area contributed by atoms with Gasteiger partial charge in [-0.05, 0) is 13.8 Å². The summed E-state index contributed by atoms with van der Waals surface area (Å²) in [5.74, 6) is 1.31. The molecule has 20 heavy (non-hydrogen) atoms. The van der Waals surface area contributed by atoms with Gasteiger partial charge < -0.3 is 16.0 Å². The highest BCUT2D eigenvalue weighted by molar-refractivity contribution is 5.78. The van der Waals surface area contributed by atoms with Gasteiger partial charge in [0.25, 0.3) is 0 Å². The molecule has 0 atom stereocenters. The summed E-state index contributed by atoms with van der Waals surface area (Å²) in [4.78, 5) is 24.3. The van der Waals surface area contributed by atoms with Crippen LogP contribution in [0.3, 0.4) is 0 Å². The quantitative estimate of drug-likeness (QED) is 0.786. The standard InChI is InChI=1S/C13H22N6O/c1-10(2)16-13(20)9-18-3-5-19(6-4-18)12-8-15-7-11(14)17-12/h7-8,10H,3-6,9H2,1-2H3,(H2,14,17)(H,16,20). The molecule has 1 saturated heterocycles. The van der Waals surface area contributed by atoms with Crippen LogP contribution in [0.25, 0.3) is 0 Å². The van der Waals surface area contributed by atoms with E-state index in [0.29, 0.717) is 12.4 Å². The summed E-state index contributed by atoms with van der Waals surface area (Å²) in [5.41, 5.74) is 5.64. The summed E-state index contributed by atoms with van der Waals surface area (Å²) in [6.07, 6.45) is 3.26. The molecule has 7 nitrogen and oxygen atoms in total. The maximum Gasteiger partial charge on any atom is 0.234 e. The third-order valence-electron chi connectivity index (χ3n) is 3.15. The van der Waals surface area contributed by atoms with Crippen LogP contribution in [0.1, 0.15) is 13.8 Å². The van der Waals surface area contributed by atoms with Gasteiger partial charge >= 0.3 is 0 Å². The van der Waals surface area contributed by atoms with Crippen molar-refractivity contribution in [3.63, 3.8) is 0 Å². The van der Waals surface area contributed by atoms with Crippen LogP contribution in [-0.4, -0.2) is 59.5 Å². The second-order valence-corrected chi connectivity index (χ2v) is 5.29. The Morgan fingerprint density at radius 3 is 2.65 bits per heavy atom. The number of amides is 1. The van der Waals surface area contributed by atoms with E-state index >= 15 is 0 Å². The first-order valence-corrected chi connectivity index (χ1v) is 6.89. The number of aromatic nitrogens is 2. The van der Waals surface area contributed by atoms with Crippen LogP contribution >= 0.6 is 0 Å². The SMILES string of the molecule is CC(C)NC(=O)CN1CCN(c2cncc(N)n2)CC1. The van der Waals surface area contributed by atoms with Crippen molar-refractivity contribution in [3.05, 3.63) is 12.4 Å². The molecule has 7 heteroatoms. The average molecular weight is 278 g/mol. The Morgan fingerprint density at radius 1 is 1.35 bits per heavy atom. The van der Waals surface area contributed by atoms with Gasteiger partial charge in [0, 0.05) is 32.2 Å². The van der Waals surface area contributed by atoms with E-state index in [9.17, 15) is 4.79 Å². The summed E-state index contributed by atoms with van der Waals surface area (Å²) in [7, 11) is 0. The summed E-state index contributed by atoms with van der Waals surface area (Å²) in [6, 6.07) is 0.186. The number of rotatable bonds is 4. The van der Waals surface area contributed by atoms with Gasteiger partial charge in [-0.25, -0.2) is 4.98 Å². The fraction of sp³-hybridized carbons (Fsp3) is 0.615. The number of nitrogen functional groups attached to an aromatic ring is 1. The normalized spacial score (nSPS) is 16.4. The van der Waals surface area contributed by atoms with Crippen molar-refractivity contribution in [1.82, 2.24) is 20.2 Å². The molecule has 1 aromatic heterocycles. The van der Waals surface area contributed by atoms with Crippen molar-refractivity contribution in [2.45, 2.75) is 19.9 Å². The molecule has 110 valence electrons. The number of hydrogen-bond acceptors (Lipinski definition) is 6. The molecule has 1 aliphatic heterocycles. The summed E-state index contributed by atoms with van der Waals surface area (Å²) in [6.45, 7) is 7.71. The van der Waals surface area contributed by atoms with Crippen molar-refractivity contribution in [3.8, 4) is 0 Å². The maximum absolute atomic E-state index is 11.7. The second kappa shape index (κ2) is 6.51. The second-order valence-electron chi connectivity index (χ2n) is 5.29. The molecule has 1 aromatic rings. The van der Waals surface area contributed by atoms with Gasteiger partial charge in [0.15, 0.2) is 0 Å². The number of nitrogens with one attached hydrogen (secondary N) is 1. The van der Waals surface area contributed by atoms with E-state index in [1.165, 1.54) is 6.20 Å². The number of anilines is 2. The molecular weight excluding hydrogens is 256 g/mol. The van der Waals surface area contributed by atoms with Gasteiger partial charge in [-0.1, -0.05) is 0 Å². The third-order valence-corrected chi connectivity index (χ3v) is 3.15. The number of nitrogens with two attached hydrogens (primary N) is 1. The van der Waals surface area contributed by atoms with E-state index < -0.39 is 0 Å². The van der Waals surface area contributed by atoms with E-state index in [4.69, 9.17) is 5.73 Å². The predicted molar refractivity (Wildman–Crippen MR) is 78.4 cm³/mol. The first-order valence-electron chi connectivity index (χ1n) is 6.89. The van der Waals surface area contributed by atoms with Crippen molar-refractivity contribution < 1.29 is 4.79 Å². The number of hydrogen-bond donors (Lipinski definition) is 2. The molecule has 2 rings (SSSR count). The lowest BCUT2D eigenvalue weighted by molar-refractivity contribution is -0.122. The molecular formula is C13H22N6O. The Kier molecular flexibility index (Phi) is 4.73. The summed E-state index contributed by atoms with van der Waals surface area (Å²) in [5, 5.41) is 2.91. The predicted octanol–water partition coefficient (Wildman–Crippen LogP) is -0.295. The van der Waals surface area contributed by atoms with Crippen LogP contribution in [0.4, 0.5) is 11.6 Å². The van der Waals surface area contributed by atoms with Crippen molar-refractivity contribution in [2.75, 3.05) is 43.4 Å². The van der Waals surface area contributed by atoms with E-state index in [0.717, 1.165) is 32.0 Å². The van der Waals surface area contributed by atoms with Crippen LogP contribution in [-0.2, 0) is 4.79 Å². The van der Waals surface area contributed by atoms with Gasteiger partial charge in [0.1, 0.15) is 11.6 Å². The Labute approximate surface area is 119 Å². The lowest BCUT2D eigenvalue weighted by atomic mass is 10.3. The van der Waals surface area contributed by atoms with Crippen LogP contribution < -0.4 is 16.0 Å². The first-order chi connectivity index (χ1) is 9.54. The molecule has 0 radical (unpaired) electrons. The van der Waals surface area contributed by atoms with Crippen LogP contribution in [0.5, 0.6) is 0 Å². The zero-order valence-corrected chi connectivity index (χ0v) is 12.0. The molecule has 3 N–H and O–H groups in total. The maximum atomic E-state index is 11.7. The number of carbonyl (C=O) groups is 1. The fourth-order valence-corrected chi connectivity index (χ4v) is 2.23. The van der Waals surface area contributed by atoms with E-state index in [-0.39, 0.29) is 11.9 Å². The molecule has 1 fully saturated rings. The number of piperazine rings is 1. The first kappa shape index (κ1) is 14.5. The fourth-order valence-electron chi connectivity index (χ4n) is 2.23. The lowest BCUT2D eigenvalue weighted by Crippen LogP contribution is -2.50. The van der Waals surface area contributed by atoms with E-state index in [1.54, 1.807) is 6.20 Å². The largest absolute Gasteiger partial charge is 0.382 e. The van der Waals surface area contributed by atoms with Crippen molar-refractivity contribution >= 4 is 17.5 Å². The lowest BCUT2D eigenvalue weighted by Gasteiger charge is -2.34. The molecule has 1 aliphatic rings. The van der Waals surface area contributed by atoms with E-state index in [1.807, 2.05) is 13.8 Å². The average Bonchev–Trinajstić information content (AvgIpc) is 2.38. The highest BCUT2D eigenvalue weighted by Gasteiger charge is 2.20. The van der Waals surface area contributed by atoms with Gasteiger partial charge in [0.2, 0.25) is 5.91 Å². The molecule has 0 aromatic carbocycles. The molecule has 0 saturated carbocycles. The minimum absolute atomic E-state index is 0.0807. The zero-order valence-electron chi connectivity index (χ0n) is 12.0. The van der Waals surface area contributed by atoms with Gasteiger partial charge in [-0.3, -0.25) is 14.7 Å². The Balaban J connectivity index is 1.82. The van der Waals surface area contributed by atoms with Gasteiger partial charge in [-0.15, -0.1) is 0 Å². The highest BCUT2D eigenvalue weighted by atomic mass is 16.2.